The van der Waals surface area contributed by atoms with Crippen molar-refractivity contribution in [2.75, 3.05) is 0 Å². The Morgan fingerprint density at radius 3 is 2.68 bits per heavy atom. The number of halogens is 1. The van der Waals surface area contributed by atoms with Crippen molar-refractivity contribution in [3.05, 3.63) is 52.3 Å². The molecule has 0 atom stereocenters. The molecule has 19 heavy (non-hydrogen) atoms. The van der Waals surface area contributed by atoms with Gasteiger partial charge in [0.05, 0.1) is 12.1 Å². The van der Waals surface area contributed by atoms with E-state index in [4.69, 9.17) is 11.6 Å². The number of nitrogens with zero attached hydrogens (tertiary/aromatic N) is 2. The van der Waals surface area contributed by atoms with Gasteiger partial charge in [-0.1, -0.05) is 11.6 Å². The van der Waals surface area contributed by atoms with Gasteiger partial charge in [-0.2, -0.15) is 5.10 Å². The number of rotatable bonds is 4. The Hall–Kier alpha value is -1.61. The van der Waals surface area contributed by atoms with E-state index in [1.807, 2.05) is 29.9 Å². The first-order valence-electron chi connectivity index (χ1n) is 6.30. The Morgan fingerprint density at radius 2 is 2.11 bits per heavy atom. The van der Waals surface area contributed by atoms with Gasteiger partial charge in [-0.05, 0) is 50.6 Å². The number of benzene rings is 1. The van der Waals surface area contributed by atoms with E-state index < -0.39 is 0 Å². The van der Waals surface area contributed by atoms with Gasteiger partial charge in [0.2, 0.25) is 0 Å². The Bertz CT molecular complexity index is 602. The molecule has 0 saturated heterocycles. The fraction of sp³-hybridized carbons (Fsp3) is 0.333. The quantitative estimate of drug-likeness (QED) is 0.795. The molecule has 0 unspecified atom stereocenters. The molecule has 0 aliphatic carbocycles. The van der Waals surface area contributed by atoms with Crippen LogP contribution in [0.1, 0.15) is 41.5 Å². The third-order valence-corrected chi connectivity index (χ3v) is 3.26. The van der Waals surface area contributed by atoms with Gasteiger partial charge in [0.15, 0.2) is 5.78 Å². The fourth-order valence-corrected chi connectivity index (χ4v) is 2.19. The van der Waals surface area contributed by atoms with Gasteiger partial charge in [0, 0.05) is 22.8 Å². The lowest BCUT2D eigenvalue weighted by Gasteiger charge is -2.05. The van der Waals surface area contributed by atoms with Crippen LogP contribution in [0.15, 0.2) is 30.5 Å². The second-order valence-corrected chi connectivity index (χ2v) is 5.38. The van der Waals surface area contributed by atoms with Crippen molar-refractivity contribution in [1.29, 1.82) is 0 Å². The van der Waals surface area contributed by atoms with Crippen LogP contribution in [0.4, 0.5) is 0 Å². The molecule has 4 heteroatoms. The van der Waals surface area contributed by atoms with E-state index in [-0.39, 0.29) is 5.78 Å². The van der Waals surface area contributed by atoms with Gasteiger partial charge in [-0.25, -0.2) is 0 Å². The molecule has 0 amide bonds. The molecule has 1 heterocycles. The third-order valence-electron chi connectivity index (χ3n) is 3.02. The van der Waals surface area contributed by atoms with Crippen LogP contribution in [0.2, 0.25) is 5.02 Å². The van der Waals surface area contributed by atoms with Crippen LogP contribution in [0.3, 0.4) is 0 Å². The van der Waals surface area contributed by atoms with Crippen LogP contribution in [0.25, 0.3) is 0 Å². The zero-order valence-electron chi connectivity index (χ0n) is 11.4. The minimum Gasteiger partial charge on any atom is -0.294 e. The molecule has 0 aliphatic heterocycles. The molecule has 1 aromatic carbocycles. The highest BCUT2D eigenvalue weighted by atomic mass is 35.5. The van der Waals surface area contributed by atoms with Crippen LogP contribution in [0.5, 0.6) is 0 Å². The molecule has 2 rings (SSSR count). The number of ketones is 1. The van der Waals surface area contributed by atoms with Crippen molar-refractivity contribution in [2.45, 2.75) is 33.2 Å². The van der Waals surface area contributed by atoms with Crippen molar-refractivity contribution in [1.82, 2.24) is 9.78 Å². The smallest absolute Gasteiger partial charge is 0.169 e. The summed E-state index contributed by atoms with van der Waals surface area (Å²) in [4.78, 5) is 12.2. The monoisotopic (exact) mass is 276 g/mol. The predicted molar refractivity (Wildman–Crippen MR) is 76.8 cm³/mol. The van der Waals surface area contributed by atoms with Crippen LogP contribution in [-0.2, 0) is 6.42 Å². The summed E-state index contributed by atoms with van der Waals surface area (Å²) in [5.74, 6) is 0.0724. The molecule has 0 spiro atoms. The topological polar surface area (TPSA) is 34.9 Å². The van der Waals surface area contributed by atoms with Gasteiger partial charge in [-0.15, -0.1) is 0 Å². The average molecular weight is 277 g/mol. The van der Waals surface area contributed by atoms with E-state index in [2.05, 4.69) is 18.9 Å². The molecule has 0 N–H and O–H groups in total. The summed E-state index contributed by atoms with van der Waals surface area (Å²) in [6.45, 7) is 6.01. The van der Waals surface area contributed by atoms with Crippen LogP contribution in [-0.4, -0.2) is 15.6 Å². The average Bonchev–Trinajstić information content (AvgIpc) is 2.77. The van der Waals surface area contributed by atoms with Crippen molar-refractivity contribution < 1.29 is 4.79 Å². The van der Waals surface area contributed by atoms with E-state index in [0.717, 1.165) is 11.3 Å². The summed E-state index contributed by atoms with van der Waals surface area (Å²) >= 11 is 5.89. The molecule has 2 aromatic rings. The lowest BCUT2D eigenvalue weighted by molar-refractivity contribution is 0.0991. The molecule has 0 radical (unpaired) electrons. The molecular formula is C15H17ClN2O. The highest BCUT2D eigenvalue weighted by Gasteiger charge is 2.12. The maximum absolute atomic E-state index is 12.2. The lowest BCUT2D eigenvalue weighted by Crippen LogP contribution is -2.08. The summed E-state index contributed by atoms with van der Waals surface area (Å²) in [7, 11) is 0. The molecule has 0 fully saturated rings. The van der Waals surface area contributed by atoms with E-state index in [1.165, 1.54) is 0 Å². The Labute approximate surface area is 118 Å². The standard InChI is InChI=1S/C15H17ClN2O/c1-10(2)18-7-6-13(17-18)9-15(19)14-5-4-12(16)8-11(14)3/h4-8,10H,9H2,1-3H3. The molecule has 0 saturated carbocycles. The zero-order chi connectivity index (χ0) is 14.0. The van der Waals surface area contributed by atoms with E-state index in [9.17, 15) is 4.79 Å². The molecule has 100 valence electrons. The van der Waals surface area contributed by atoms with Crippen LogP contribution < -0.4 is 0 Å². The summed E-state index contributed by atoms with van der Waals surface area (Å²) in [6.07, 6.45) is 2.23. The first-order chi connectivity index (χ1) is 8.97. The SMILES string of the molecule is Cc1cc(Cl)ccc1C(=O)Cc1ccn(C(C)C)n1. The predicted octanol–water partition coefficient (Wildman–Crippen LogP) is 3.85. The second kappa shape index (κ2) is 5.57. The first kappa shape index (κ1) is 13.8. The van der Waals surface area contributed by atoms with Crippen molar-refractivity contribution in [3.8, 4) is 0 Å². The summed E-state index contributed by atoms with van der Waals surface area (Å²) in [5, 5.41) is 5.04. The van der Waals surface area contributed by atoms with Crippen molar-refractivity contribution in [3.63, 3.8) is 0 Å². The second-order valence-electron chi connectivity index (χ2n) is 4.94. The molecule has 1 aromatic heterocycles. The van der Waals surface area contributed by atoms with Crippen LogP contribution >= 0.6 is 11.6 Å². The van der Waals surface area contributed by atoms with Crippen molar-refractivity contribution >= 4 is 17.4 Å². The minimum atomic E-state index is 0.0724. The number of carbonyl (C=O) groups excluding carboxylic acids is 1. The Kier molecular flexibility index (Phi) is 4.05. The molecular weight excluding hydrogens is 260 g/mol. The van der Waals surface area contributed by atoms with Gasteiger partial charge >= 0.3 is 0 Å². The molecule has 0 aliphatic rings. The highest BCUT2D eigenvalue weighted by molar-refractivity contribution is 6.30. The van der Waals surface area contributed by atoms with E-state index in [1.54, 1.807) is 12.1 Å². The van der Waals surface area contributed by atoms with Gasteiger partial charge in [-0.3, -0.25) is 9.48 Å². The summed E-state index contributed by atoms with van der Waals surface area (Å²) < 4.78 is 1.86. The zero-order valence-corrected chi connectivity index (χ0v) is 12.1. The van der Waals surface area contributed by atoms with Gasteiger partial charge in [0.1, 0.15) is 0 Å². The summed E-state index contributed by atoms with van der Waals surface area (Å²) in [6, 6.07) is 7.53. The van der Waals surface area contributed by atoms with Gasteiger partial charge in [0.25, 0.3) is 0 Å². The third kappa shape index (κ3) is 3.24. The molecule has 3 nitrogen and oxygen atoms in total. The minimum absolute atomic E-state index is 0.0724. The maximum atomic E-state index is 12.2. The number of hydrogen-bond donors (Lipinski definition) is 0. The summed E-state index contributed by atoms with van der Waals surface area (Å²) in [5.41, 5.74) is 2.41. The van der Waals surface area contributed by atoms with Crippen molar-refractivity contribution in [2.24, 2.45) is 0 Å². The number of aryl methyl sites for hydroxylation is 1. The van der Waals surface area contributed by atoms with Gasteiger partial charge < -0.3 is 0 Å². The van der Waals surface area contributed by atoms with E-state index in [0.29, 0.717) is 23.0 Å². The molecule has 0 bridgehead atoms. The lowest BCUT2D eigenvalue weighted by atomic mass is 10.0. The number of carbonyl (C=O) groups is 1. The maximum Gasteiger partial charge on any atom is 0.169 e. The number of aromatic nitrogens is 2. The fourth-order valence-electron chi connectivity index (χ4n) is 1.96. The number of Topliss-reactive ketones (excluding diaryl/α,β-unsaturated/α-hetero) is 1. The largest absolute Gasteiger partial charge is 0.294 e. The Morgan fingerprint density at radius 1 is 1.37 bits per heavy atom. The van der Waals surface area contributed by atoms with Crippen LogP contribution in [0, 0.1) is 6.92 Å². The van der Waals surface area contributed by atoms with E-state index >= 15 is 0 Å². The highest BCUT2D eigenvalue weighted by Crippen LogP contribution is 2.17. The normalized spacial score (nSPS) is 11.0. The first-order valence-corrected chi connectivity index (χ1v) is 6.68. The Balaban J connectivity index is 2.16. The number of hydrogen-bond acceptors (Lipinski definition) is 2.